The standard InChI is InChI=1S/C25H29N3O4S/c1-26-23-11-10-21(17-22(23)24(25(26)29)18-6-3-4-7-18)33(30,31)28-14-12-27(13-15-28)19-8-5-9-20(16-19)32-2/h5,8-11,16-17H,3-4,6-7,12-15H2,1-2H3. The van der Waals surface area contributed by atoms with Crippen molar-refractivity contribution in [3.63, 3.8) is 0 Å². The Morgan fingerprint density at radius 1 is 0.939 bits per heavy atom. The van der Waals surface area contributed by atoms with Crippen LogP contribution in [0, 0.1) is 0 Å². The average Bonchev–Trinajstić information content (AvgIpc) is 3.45. The number of allylic oxidation sites excluding steroid dienone is 1. The maximum atomic E-state index is 13.5. The van der Waals surface area contributed by atoms with Crippen molar-refractivity contribution in [3.05, 3.63) is 53.6 Å². The first-order valence-corrected chi connectivity index (χ1v) is 12.9. The molecule has 2 aliphatic heterocycles. The van der Waals surface area contributed by atoms with Crippen LogP contribution in [0.15, 0.2) is 52.9 Å². The zero-order valence-corrected chi connectivity index (χ0v) is 19.9. The second-order valence-corrected chi connectivity index (χ2v) is 10.8. The van der Waals surface area contributed by atoms with Crippen LogP contribution in [-0.2, 0) is 14.8 Å². The molecule has 0 bridgehead atoms. The molecule has 7 nitrogen and oxygen atoms in total. The number of fused-ring (bicyclic) bond motifs is 1. The molecule has 0 unspecified atom stereocenters. The van der Waals surface area contributed by atoms with E-state index in [0.717, 1.165) is 53.9 Å². The number of anilines is 2. The van der Waals surface area contributed by atoms with Crippen LogP contribution in [-0.4, -0.2) is 59.0 Å². The number of piperazine rings is 1. The van der Waals surface area contributed by atoms with Gasteiger partial charge in [-0.05, 0) is 56.0 Å². The predicted molar refractivity (Wildman–Crippen MR) is 129 cm³/mol. The van der Waals surface area contributed by atoms with E-state index >= 15 is 0 Å². The Morgan fingerprint density at radius 2 is 1.67 bits per heavy atom. The minimum atomic E-state index is -3.65. The maximum Gasteiger partial charge on any atom is 0.258 e. The van der Waals surface area contributed by atoms with Gasteiger partial charge in [0.1, 0.15) is 5.75 Å². The van der Waals surface area contributed by atoms with E-state index in [4.69, 9.17) is 4.74 Å². The van der Waals surface area contributed by atoms with E-state index in [2.05, 4.69) is 4.90 Å². The molecule has 1 saturated heterocycles. The highest BCUT2D eigenvalue weighted by Crippen LogP contribution is 2.43. The van der Waals surface area contributed by atoms with Gasteiger partial charge in [0.05, 0.1) is 17.7 Å². The van der Waals surface area contributed by atoms with Crippen LogP contribution in [0.25, 0.3) is 5.57 Å². The first kappa shape index (κ1) is 22.0. The zero-order chi connectivity index (χ0) is 23.2. The highest BCUT2D eigenvalue weighted by Gasteiger charge is 2.35. The summed E-state index contributed by atoms with van der Waals surface area (Å²) < 4.78 is 33.9. The van der Waals surface area contributed by atoms with E-state index in [0.29, 0.717) is 31.8 Å². The maximum absolute atomic E-state index is 13.5. The van der Waals surface area contributed by atoms with E-state index in [1.807, 2.05) is 24.3 Å². The summed E-state index contributed by atoms with van der Waals surface area (Å²) in [5, 5.41) is 0. The molecule has 174 valence electrons. The monoisotopic (exact) mass is 467 g/mol. The number of carbonyl (C=O) groups is 1. The normalized spacial score (nSPS) is 19.4. The summed E-state index contributed by atoms with van der Waals surface area (Å²) in [7, 11) is -0.256. The molecule has 1 aliphatic carbocycles. The SMILES string of the molecule is COc1cccc(N2CCN(S(=O)(=O)c3ccc4c(c3)C(=C3CCCC3)C(=O)N4C)CC2)c1. The van der Waals surface area contributed by atoms with Gasteiger partial charge in [-0.3, -0.25) is 4.79 Å². The van der Waals surface area contributed by atoms with Gasteiger partial charge in [0.25, 0.3) is 5.91 Å². The van der Waals surface area contributed by atoms with Crippen LogP contribution in [0.4, 0.5) is 11.4 Å². The Morgan fingerprint density at radius 3 is 2.36 bits per heavy atom. The number of amides is 1. The van der Waals surface area contributed by atoms with Gasteiger partial charge in [0.15, 0.2) is 0 Å². The van der Waals surface area contributed by atoms with Crippen molar-refractivity contribution in [2.45, 2.75) is 30.6 Å². The Labute approximate surface area is 195 Å². The van der Waals surface area contributed by atoms with Gasteiger partial charge in [-0.25, -0.2) is 8.42 Å². The third kappa shape index (κ3) is 3.81. The lowest BCUT2D eigenvalue weighted by atomic mass is 10.00. The van der Waals surface area contributed by atoms with Crippen LogP contribution in [0.1, 0.15) is 31.2 Å². The molecule has 0 N–H and O–H groups in total. The fourth-order valence-electron chi connectivity index (χ4n) is 5.10. The number of rotatable bonds is 4. The summed E-state index contributed by atoms with van der Waals surface area (Å²) in [5.41, 5.74) is 4.45. The smallest absolute Gasteiger partial charge is 0.258 e. The molecule has 3 aliphatic rings. The van der Waals surface area contributed by atoms with Gasteiger partial charge in [-0.1, -0.05) is 11.6 Å². The Kier molecular flexibility index (Phi) is 5.66. The molecule has 0 spiro atoms. The number of hydrogen-bond acceptors (Lipinski definition) is 5. The fraction of sp³-hybridized carbons (Fsp3) is 0.400. The number of carbonyl (C=O) groups excluding carboxylic acids is 1. The number of nitrogens with zero attached hydrogens (tertiary/aromatic N) is 3. The third-order valence-electron chi connectivity index (χ3n) is 6.97. The molecular formula is C25H29N3O4S. The quantitative estimate of drug-likeness (QED) is 0.644. The number of methoxy groups -OCH3 is 1. The Hall–Kier alpha value is -2.84. The van der Waals surface area contributed by atoms with Crippen molar-refractivity contribution < 1.29 is 17.9 Å². The molecule has 2 aromatic carbocycles. The lowest BCUT2D eigenvalue weighted by Gasteiger charge is -2.35. The molecule has 5 rings (SSSR count). The number of hydrogen-bond donors (Lipinski definition) is 0. The van der Waals surface area contributed by atoms with Gasteiger partial charge < -0.3 is 14.5 Å². The van der Waals surface area contributed by atoms with Crippen LogP contribution >= 0.6 is 0 Å². The highest BCUT2D eigenvalue weighted by molar-refractivity contribution is 7.89. The molecule has 2 fully saturated rings. The number of benzene rings is 2. The number of sulfonamides is 1. The summed E-state index contributed by atoms with van der Waals surface area (Å²) >= 11 is 0. The van der Waals surface area contributed by atoms with Crippen LogP contribution in [0.5, 0.6) is 5.75 Å². The fourth-order valence-corrected chi connectivity index (χ4v) is 6.55. The second-order valence-electron chi connectivity index (χ2n) is 8.82. The van der Waals surface area contributed by atoms with Crippen LogP contribution < -0.4 is 14.5 Å². The molecule has 0 atom stereocenters. The first-order valence-electron chi connectivity index (χ1n) is 11.4. The molecule has 1 saturated carbocycles. The third-order valence-corrected chi connectivity index (χ3v) is 8.87. The molecule has 1 amide bonds. The summed E-state index contributed by atoms with van der Waals surface area (Å²) in [6.45, 7) is 2.02. The van der Waals surface area contributed by atoms with Crippen molar-refractivity contribution in [2.24, 2.45) is 0 Å². The van der Waals surface area contributed by atoms with Gasteiger partial charge >= 0.3 is 0 Å². The lowest BCUT2D eigenvalue weighted by molar-refractivity contribution is -0.112. The number of likely N-dealkylation sites (N-methyl/N-ethyl adjacent to an activating group) is 1. The van der Waals surface area contributed by atoms with Crippen molar-refractivity contribution in [3.8, 4) is 5.75 Å². The minimum Gasteiger partial charge on any atom is -0.497 e. The van der Waals surface area contributed by atoms with E-state index in [9.17, 15) is 13.2 Å². The van der Waals surface area contributed by atoms with E-state index in [-0.39, 0.29) is 10.8 Å². The van der Waals surface area contributed by atoms with Gasteiger partial charge in [0.2, 0.25) is 10.0 Å². The minimum absolute atomic E-state index is 0.0247. The van der Waals surface area contributed by atoms with Gasteiger partial charge in [-0.15, -0.1) is 0 Å². The van der Waals surface area contributed by atoms with Crippen molar-refractivity contribution in [2.75, 3.05) is 50.1 Å². The summed E-state index contributed by atoms with van der Waals surface area (Å²) in [6, 6.07) is 12.9. The molecular weight excluding hydrogens is 438 g/mol. The predicted octanol–water partition coefficient (Wildman–Crippen LogP) is 3.51. The Balaban J connectivity index is 1.39. The number of ether oxygens (including phenoxy) is 1. The molecule has 0 radical (unpaired) electrons. The largest absolute Gasteiger partial charge is 0.497 e. The Bertz CT molecular complexity index is 1220. The van der Waals surface area contributed by atoms with E-state index < -0.39 is 10.0 Å². The van der Waals surface area contributed by atoms with Crippen molar-refractivity contribution in [1.29, 1.82) is 0 Å². The molecule has 0 aromatic heterocycles. The highest BCUT2D eigenvalue weighted by atomic mass is 32.2. The molecule has 33 heavy (non-hydrogen) atoms. The first-order chi connectivity index (χ1) is 15.9. The molecule has 2 aromatic rings. The van der Waals surface area contributed by atoms with Gasteiger partial charge in [0, 0.05) is 56.1 Å². The lowest BCUT2D eigenvalue weighted by Crippen LogP contribution is -2.48. The topological polar surface area (TPSA) is 70.2 Å². The molecule has 8 heteroatoms. The van der Waals surface area contributed by atoms with E-state index in [1.54, 1.807) is 41.6 Å². The average molecular weight is 468 g/mol. The summed E-state index contributed by atoms with van der Waals surface area (Å²) in [6.07, 6.45) is 4.00. The molecule has 2 heterocycles. The van der Waals surface area contributed by atoms with Gasteiger partial charge in [-0.2, -0.15) is 4.31 Å². The van der Waals surface area contributed by atoms with E-state index in [1.165, 1.54) is 0 Å². The van der Waals surface area contributed by atoms with Crippen LogP contribution in [0.2, 0.25) is 0 Å². The van der Waals surface area contributed by atoms with Crippen molar-refractivity contribution >= 4 is 32.9 Å². The second kappa shape index (κ2) is 8.50. The summed E-state index contributed by atoms with van der Waals surface area (Å²) in [4.78, 5) is 17.0. The van der Waals surface area contributed by atoms with Crippen molar-refractivity contribution in [1.82, 2.24) is 4.31 Å². The zero-order valence-electron chi connectivity index (χ0n) is 19.1. The van der Waals surface area contributed by atoms with Crippen LogP contribution in [0.3, 0.4) is 0 Å². The summed E-state index contributed by atoms with van der Waals surface area (Å²) in [5.74, 6) is 0.760.